The highest BCUT2D eigenvalue weighted by Crippen LogP contribution is 2.14. The van der Waals surface area contributed by atoms with Crippen molar-refractivity contribution >= 4 is 27.6 Å². The van der Waals surface area contributed by atoms with E-state index in [9.17, 15) is 18.3 Å². The molecule has 2 aromatic carbocycles. The third kappa shape index (κ3) is 4.75. The van der Waals surface area contributed by atoms with Gasteiger partial charge in [-0.05, 0) is 48.0 Å². The number of sulfonamides is 1. The van der Waals surface area contributed by atoms with E-state index in [4.69, 9.17) is 0 Å². The number of phenols is 1. The minimum atomic E-state index is -3.33. The summed E-state index contributed by atoms with van der Waals surface area (Å²) in [5, 5.41) is 9.34. The fraction of sp³-hybridized carbons (Fsp3) is 0.0625. The van der Waals surface area contributed by atoms with Crippen molar-refractivity contribution < 1.29 is 18.3 Å². The van der Waals surface area contributed by atoms with Crippen molar-refractivity contribution in [2.24, 2.45) is 0 Å². The summed E-state index contributed by atoms with van der Waals surface area (Å²) in [5.41, 5.74) is 1.55. The Morgan fingerprint density at radius 1 is 1.14 bits per heavy atom. The predicted octanol–water partition coefficient (Wildman–Crippen LogP) is 2.66. The van der Waals surface area contributed by atoms with Crippen molar-refractivity contribution in [3.8, 4) is 5.75 Å². The number of ketones is 1. The van der Waals surface area contributed by atoms with Gasteiger partial charge < -0.3 is 5.11 Å². The van der Waals surface area contributed by atoms with Crippen molar-refractivity contribution in [3.63, 3.8) is 0 Å². The van der Waals surface area contributed by atoms with E-state index in [0.29, 0.717) is 16.8 Å². The molecule has 2 aromatic rings. The number of anilines is 1. The first-order chi connectivity index (χ1) is 10.3. The van der Waals surface area contributed by atoms with E-state index in [1.54, 1.807) is 42.5 Å². The summed E-state index contributed by atoms with van der Waals surface area (Å²) in [5.74, 6) is -0.0833. The monoisotopic (exact) mass is 317 g/mol. The van der Waals surface area contributed by atoms with E-state index < -0.39 is 10.0 Å². The van der Waals surface area contributed by atoms with Gasteiger partial charge in [0.15, 0.2) is 5.78 Å². The lowest BCUT2D eigenvalue weighted by Gasteiger charge is -2.04. The molecule has 0 aliphatic carbocycles. The molecule has 0 spiro atoms. The summed E-state index contributed by atoms with van der Waals surface area (Å²) in [4.78, 5) is 12.0. The molecule has 2 rings (SSSR count). The molecule has 0 heterocycles. The minimum Gasteiger partial charge on any atom is -0.508 e. The second-order valence-electron chi connectivity index (χ2n) is 4.74. The molecule has 0 amide bonds. The molecule has 0 atom stereocenters. The molecule has 0 saturated heterocycles. The average molecular weight is 317 g/mol. The van der Waals surface area contributed by atoms with Gasteiger partial charge in [-0.2, -0.15) is 0 Å². The Bertz CT molecular complexity index is 808. The molecule has 5 nitrogen and oxygen atoms in total. The topological polar surface area (TPSA) is 83.5 Å². The van der Waals surface area contributed by atoms with Crippen LogP contribution >= 0.6 is 0 Å². The van der Waals surface area contributed by atoms with Gasteiger partial charge in [-0.25, -0.2) is 8.42 Å². The Kier molecular flexibility index (Phi) is 4.62. The molecular formula is C16H15NO4S. The number of phenolic OH excluding ortho intramolecular Hbond substituents is 1. The van der Waals surface area contributed by atoms with Crippen molar-refractivity contribution in [2.45, 2.75) is 0 Å². The van der Waals surface area contributed by atoms with Crippen molar-refractivity contribution in [2.75, 3.05) is 11.0 Å². The number of hydrogen-bond acceptors (Lipinski definition) is 4. The first kappa shape index (κ1) is 15.8. The van der Waals surface area contributed by atoms with Crippen molar-refractivity contribution in [3.05, 3.63) is 65.7 Å². The first-order valence-corrected chi connectivity index (χ1v) is 8.32. The van der Waals surface area contributed by atoms with Crippen LogP contribution in [0, 0.1) is 0 Å². The van der Waals surface area contributed by atoms with Gasteiger partial charge in [0, 0.05) is 11.3 Å². The third-order valence-electron chi connectivity index (χ3n) is 2.77. The molecule has 6 heteroatoms. The number of benzene rings is 2. The average Bonchev–Trinajstić information content (AvgIpc) is 2.44. The van der Waals surface area contributed by atoms with Crippen LogP contribution in [0.4, 0.5) is 5.69 Å². The fourth-order valence-corrected chi connectivity index (χ4v) is 2.38. The normalized spacial score (nSPS) is 11.5. The largest absolute Gasteiger partial charge is 0.508 e. The summed E-state index contributed by atoms with van der Waals surface area (Å²) in [6, 6.07) is 12.7. The molecular weight excluding hydrogens is 302 g/mol. The number of nitrogens with one attached hydrogen (secondary N) is 1. The highest BCUT2D eigenvalue weighted by Gasteiger charge is 2.04. The first-order valence-electron chi connectivity index (χ1n) is 6.43. The van der Waals surface area contributed by atoms with Crippen LogP contribution in [0.25, 0.3) is 6.08 Å². The summed E-state index contributed by atoms with van der Waals surface area (Å²) in [7, 11) is -3.33. The lowest BCUT2D eigenvalue weighted by atomic mass is 10.1. The zero-order valence-corrected chi connectivity index (χ0v) is 12.7. The van der Waals surface area contributed by atoms with Crippen molar-refractivity contribution in [1.82, 2.24) is 0 Å². The minimum absolute atomic E-state index is 0.130. The SMILES string of the molecule is CS(=O)(=O)Nc1ccc(C(=O)/C=C\c2cccc(O)c2)cc1. The van der Waals surface area contributed by atoms with Crippen LogP contribution in [-0.2, 0) is 10.0 Å². The molecule has 0 aliphatic rings. The number of carbonyl (C=O) groups excluding carboxylic acids is 1. The van der Waals surface area contributed by atoms with E-state index >= 15 is 0 Å². The van der Waals surface area contributed by atoms with Crippen LogP contribution < -0.4 is 4.72 Å². The Labute approximate surface area is 129 Å². The molecule has 0 fully saturated rings. The highest BCUT2D eigenvalue weighted by molar-refractivity contribution is 7.92. The number of rotatable bonds is 5. The standard InChI is InChI=1S/C16H15NO4S/c1-22(20,21)17-14-8-6-13(7-9-14)16(19)10-5-12-3-2-4-15(18)11-12/h2-11,17-18H,1H3/b10-5-. The van der Waals surface area contributed by atoms with Crippen molar-refractivity contribution in [1.29, 1.82) is 0 Å². The van der Waals surface area contributed by atoms with E-state index in [0.717, 1.165) is 6.26 Å². The lowest BCUT2D eigenvalue weighted by molar-refractivity contribution is 0.104. The molecule has 0 saturated carbocycles. The zero-order valence-electron chi connectivity index (χ0n) is 11.9. The molecule has 0 bridgehead atoms. The Morgan fingerprint density at radius 2 is 1.82 bits per heavy atom. The second kappa shape index (κ2) is 6.44. The van der Waals surface area contributed by atoms with Gasteiger partial charge in [-0.3, -0.25) is 9.52 Å². The summed E-state index contributed by atoms with van der Waals surface area (Å²) < 4.78 is 24.5. The molecule has 2 N–H and O–H groups in total. The van der Waals surface area contributed by atoms with Gasteiger partial charge in [0.1, 0.15) is 5.75 Å². The van der Waals surface area contributed by atoms with Crippen LogP contribution in [0.5, 0.6) is 5.75 Å². The second-order valence-corrected chi connectivity index (χ2v) is 6.49. The van der Waals surface area contributed by atoms with Crippen LogP contribution in [-0.4, -0.2) is 25.6 Å². The molecule has 0 aromatic heterocycles. The maximum Gasteiger partial charge on any atom is 0.229 e. The molecule has 0 aliphatic heterocycles. The smallest absolute Gasteiger partial charge is 0.229 e. The summed E-state index contributed by atoms with van der Waals surface area (Å²) in [6.45, 7) is 0. The van der Waals surface area contributed by atoms with Gasteiger partial charge in [0.25, 0.3) is 0 Å². The van der Waals surface area contributed by atoms with Gasteiger partial charge >= 0.3 is 0 Å². The van der Waals surface area contributed by atoms with E-state index in [1.165, 1.54) is 18.2 Å². The summed E-state index contributed by atoms with van der Waals surface area (Å²) in [6.07, 6.45) is 4.06. The number of hydrogen-bond donors (Lipinski definition) is 2. The Morgan fingerprint density at radius 3 is 2.41 bits per heavy atom. The van der Waals surface area contributed by atoms with Gasteiger partial charge in [0.2, 0.25) is 10.0 Å². The van der Waals surface area contributed by atoms with Gasteiger partial charge in [-0.15, -0.1) is 0 Å². The molecule has 22 heavy (non-hydrogen) atoms. The molecule has 0 radical (unpaired) electrons. The van der Waals surface area contributed by atoms with Crippen LogP contribution in [0.3, 0.4) is 0 Å². The third-order valence-corrected chi connectivity index (χ3v) is 3.38. The molecule has 0 unspecified atom stereocenters. The number of carbonyl (C=O) groups is 1. The Hall–Kier alpha value is -2.60. The van der Waals surface area contributed by atoms with Gasteiger partial charge in [0.05, 0.1) is 6.26 Å². The van der Waals surface area contributed by atoms with E-state index in [1.807, 2.05) is 0 Å². The zero-order chi connectivity index (χ0) is 16.2. The quantitative estimate of drug-likeness (QED) is 0.656. The van der Waals surface area contributed by atoms with Crippen LogP contribution in [0.1, 0.15) is 15.9 Å². The number of allylic oxidation sites excluding steroid dienone is 1. The maximum absolute atomic E-state index is 12.0. The number of aromatic hydroxyl groups is 1. The van der Waals surface area contributed by atoms with Gasteiger partial charge in [-0.1, -0.05) is 18.2 Å². The fourth-order valence-electron chi connectivity index (χ4n) is 1.81. The van der Waals surface area contributed by atoms with Crippen LogP contribution in [0.15, 0.2) is 54.6 Å². The van der Waals surface area contributed by atoms with E-state index in [-0.39, 0.29) is 11.5 Å². The van der Waals surface area contributed by atoms with E-state index in [2.05, 4.69) is 4.72 Å². The lowest BCUT2D eigenvalue weighted by Crippen LogP contribution is -2.09. The predicted molar refractivity (Wildman–Crippen MR) is 86.4 cm³/mol. The Balaban J connectivity index is 2.10. The van der Waals surface area contributed by atoms with Crippen LogP contribution in [0.2, 0.25) is 0 Å². The highest BCUT2D eigenvalue weighted by atomic mass is 32.2. The maximum atomic E-state index is 12.0. The summed E-state index contributed by atoms with van der Waals surface area (Å²) >= 11 is 0. The molecule has 114 valence electrons.